The molecule has 1 heterocycles. The van der Waals surface area contributed by atoms with Gasteiger partial charge in [0, 0.05) is 13.0 Å². The SMILES string of the molecule is CNCC1(C)Cc2cccc(F)c2C(=O)O1. The maximum atomic E-state index is 13.4. The predicted molar refractivity (Wildman–Crippen MR) is 57.9 cm³/mol. The third-order valence-corrected chi connectivity index (χ3v) is 2.76. The van der Waals surface area contributed by atoms with E-state index in [0.29, 0.717) is 18.5 Å². The van der Waals surface area contributed by atoms with Crippen molar-refractivity contribution in [3.63, 3.8) is 0 Å². The Labute approximate surface area is 93.6 Å². The molecule has 0 radical (unpaired) electrons. The molecule has 1 unspecified atom stereocenters. The van der Waals surface area contributed by atoms with Crippen molar-refractivity contribution < 1.29 is 13.9 Å². The third kappa shape index (κ3) is 1.80. The number of fused-ring (bicyclic) bond motifs is 1. The second-order valence-electron chi connectivity index (χ2n) is 4.32. The molecule has 2 rings (SSSR count). The van der Waals surface area contributed by atoms with E-state index in [0.717, 1.165) is 0 Å². The topological polar surface area (TPSA) is 38.3 Å². The molecular formula is C12H14FNO2. The smallest absolute Gasteiger partial charge is 0.342 e. The van der Waals surface area contributed by atoms with Gasteiger partial charge in [0.15, 0.2) is 0 Å². The molecule has 3 nitrogen and oxygen atoms in total. The Morgan fingerprint density at radius 1 is 1.56 bits per heavy atom. The molecule has 0 bridgehead atoms. The van der Waals surface area contributed by atoms with E-state index in [4.69, 9.17) is 4.74 Å². The number of hydrogen-bond donors (Lipinski definition) is 1. The van der Waals surface area contributed by atoms with Crippen LogP contribution in [0.1, 0.15) is 22.8 Å². The van der Waals surface area contributed by atoms with Crippen molar-refractivity contribution in [3.05, 3.63) is 35.1 Å². The van der Waals surface area contributed by atoms with E-state index in [-0.39, 0.29) is 5.56 Å². The molecule has 1 aromatic carbocycles. The van der Waals surface area contributed by atoms with Crippen LogP contribution < -0.4 is 5.32 Å². The van der Waals surface area contributed by atoms with Crippen LogP contribution in [-0.4, -0.2) is 25.2 Å². The first-order valence-electron chi connectivity index (χ1n) is 5.21. The highest BCUT2D eigenvalue weighted by molar-refractivity contribution is 5.92. The van der Waals surface area contributed by atoms with E-state index in [1.807, 2.05) is 6.92 Å². The second kappa shape index (κ2) is 3.87. The Bertz CT molecular complexity index is 433. The highest BCUT2D eigenvalue weighted by Crippen LogP contribution is 2.29. The second-order valence-corrected chi connectivity index (χ2v) is 4.32. The number of carbonyl (C=O) groups excluding carboxylic acids is 1. The molecule has 1 aliphatic rings. The number of esters is 1. The third-order valence-electron chi connectivity index (χ3n) is 2.76. The largest absolute Gasteiger partial charge is 0.454 e. The summed E-state index contributed by atoms with van der Waals surface area (Å²) in [6.45, 7) is 2.39. The molecule has 1 aliphatic heterocycles. The van der Waals surface area contributed by atoms with Crippen LogP contribution in [0.2, 0.25) is 0 Å². The number of ether oxygens (including phenoxy) is 1. The van der Waals surface area contributed by atoms with Crippen molar-refractivity contribution >= 4 is 5.97 Å². The van der Waals surface area contributed by atoms with Crippen LogP contribution in [0, 0.1) is 5.82 Å². The summed E-state index contributed by atoms with van der Waals surface area (Å²) in [6, 6.07) is 4.67. The number of benzene rings is 1. The number of nitrogens with one attached hydrogen (secondary N) is 1. The number of cyclic esters (lactones) is 1. The summed E-state index contributed by atoms with van der Waals surface area (Å²) in [5.41, 5.74) is 0.206. The summed E-state index contributed by atoms with van der Waals surface area (Å²) in [4.78, 5) is 11.7. The fourth-order valence-corrected chi connectivity index (χ4v) is 2.13. The van der Waals surface area contributed by atoms with Crippen LogP contribution >= 0.6 is 0 Å². The zero-order chi connectivity index (χ0) is 11.8. The van der Waals surface area contributed by atoms with Gasteiger partial charge < -0.3 is 10.1 Å². The van der Waals surface area contributed by atoms with Crippen molar-refractivity contribution in [1.29, 1.82) is 0 Å². The fraction of sp³-hybridized carbons (Fsp3) is 0.417. The maximum absolute atomic E-state index is 13.4. The molecule has 0 aliphatic carbocycles. The first-order chi connectivity index (χ1) is 7.56. The lowest BCUT2D eigenvalue weighted by Gasteiger charge is -2.34. The zero-order valence-corrected chi connectivity index (χ0v) is 9.34. The molecule has 4 heteroatoms. The van der Waals surface area contributed by atoms with Crippen LogP contribution in [0.25, 0.3) is 0 Å². The van der Waals surface area contributed by atoms with E-state index >= 15 is 0 Å². The molecule has 16 heavy (non-hydrogen) atoms. The van der Waals surface area contributed by atoms with Crippen molar-refractivity contribution in [1.82, 2.24) is 5.32 Å². The van der Waals surface area contributed by atoms with E-state index in [2.05, 4.69) is 5.32 Å². The lowest BCUT2D eigenvalue weighted by Crippen LogP contribution is -2.46. The van der Waals surface area contributed by atoms with Crippen LogP contribution in [-0.2, 0) is 11.2 Å². The Balaban J connectivity index is 2.41. The van der Waals surface area contributed by atoms with Crippen molar-refractivity contribution in [3.8, 4) is 0 Å². The van der Waals surface area contributed by atoms with Crippen LogP contribution in [0.5, 0.6) is 0 Å². The molecule has 1 atom stereocenters. The number of carbonyl (C=O) groups is 1. The Kier molecular flexibility index (Phi) is 2.68. The van der Waals surface area contributed by atoms with E-state index in [1.54, 1.807) is 19.2 Å². The van der Waals surface area contributed by atoms with Crippen LogP contribution in [0.15, 0.2) is 18.2 Å². The first-order valence-corrected chi connectivity index (χ1v) is 5.21. The molecule has 86 valence electrons. The number of rotatable bonds is 2. The van der Waals surface area contributed by atoms with Gasteiger partial charge in [-0.3, -0.25) is 0 Å². The van der Waals surface area contributed by atoms with Gasteiger partial charge in [0.05, 0.1) is 5.56 Å². The highest BCUT2D eigenvalue weighted by atomic mass is 19.1. The zero-order valence-electron chi connectivity index (χ0n) is 9.34. The summed E-state index contributed by atoms with van der Waals surface area (Å²) in [5, 5.41) is 2.97. The number of halogens is 1. The minimum Gasteiger partial charge on any atom is -0.454 e. The standard InChI is InChI=1S/C12H14FNO2/c1-12(7-14-2)6-8-4-3-5-9(13)10(8)11(15)16-12/h3-5,14H,6-7H2,1-2H3. The lowest BCUT2D eigenvalue weighted by atomic mass is 9.90. The molecule has 1 N–H and O–H groups in total. The summed E-state index contributed by atoms with van der Waals surface area (Å²) in [6.07, 6.45) is 0.534. The Hall–Kier alpha value is -1.42. The van der Waals surface area contributed by atoms with Crippen molar-refractivity contribution in [2.24, 2.45) is 0 Å². The molecule has 0 fully saturated rings. The van der Waals surface area contributed by atoms with Crippen molar-refractivity contribution in [2.45, 2.75) is 18.9 Å². The number of hydrogen-bond acceptors (Lipinski definition) is 3. The molecular weight excluding hydrogens is 209 g/mol. The predicted octanol–water partition coefficient (Wildman–Crippen LogP) is 1.52. The Morgan fingerprint density at radius 2 is 2.31 bits per heavy atom. The van der Waals surface area contributed by atoms with Gasteiger partial charge in [-0.1, -0.05) is 12.1 Å². The van der Waals surface area contributed by atoms with Gasteiger partial charge in [0.25, 0.3) is 0 Å². The quantitative estimate of drug-likeness (QED) is 0.772. The van der Waals surface area contributed by atoms with E-state index in [9.17, 15) is 9.18 Å². The molecule has 1 aromatic rings. The highest BCUT2D eigenvalue weighted by Gasteiger charge is 2.37. The van der Waals surface area contributed by atoms with Gasteiger partial charge in [0.1, 0.15) is 11.4 Å². The average molecular weight is 223 g/mol. The van der Waals surface area contributed by atoms with Gasteiger partial charge in [-0.25, -0.2) is 9.18 Å². The Morgan fingerprint density at radius 3 is 3.00 bits per heavy atom. The minimum atomic E-state index is -0.591. The lowest BCUT2D eigenvalue weighted by molar-refractivity contribution is -0.0146. The fourth-order valence-electron chi connectivity index (χ4n) is 2.13. The van der Waals surface area contributed by atoms with Gasteiger partial charge in [0.2, 0.25) is 0 Å². The molecule has 0 saturated carbocycles. The van der Waals surface area contributed by atoms with E-state index < -0.39 is 17.4 Å². The van der Waals surface area contributed by atoms with E-state index in [1.165, 1.54) is 6.07 Å². The first kappa shape index (κ1) is 11.1. The number of likely N-dealkylation sites (N-methyl/N-ethyl adjacent to an activating group) is 1. The van der Waals surface area contributed by atoms with Gasteiger partial charge in [-0.05, 0) is 25.6 Å². The summed E-state index contributed by atoms with van der Waals surface area (Å²) in [5.74, 6) is -1.08. The average Bonchev–Trinajstić information content (AvgIpc) is 2.16. The summed E-state index contributed by atoms with van der Waals surface area (Å²) < 4.78 is 18.7. The van der Waals surface area contributed by atoms with Gasteiger partial charge >= 0.3 is 5.97 Å². The van der Waals surface area contributed by atoms with Gasteiger partial charge in [-0.2, -0.15) is 0 Å². The summed E-state index contributed by atoms with van der Waals surface area (Å²) >= 11 is 0. The van der Waals surface area contributed by atoms with Crippen LogP contribution in [0.4, 0.5) is 4.39 Å². The molecule has 0 spiro atoms. The maximum Gasteiger partial charge on any atom is 0.342 e. The molecule has 0 aromatic heterocycles. The van der Waals surface area contributed by atoms with Gasteiger partial charge in [-0.15, -0.1) is 0 Å². The van der Waals surface area contributed by atoms with Crippen molar-refractivity contribution in [2.75, 3.05) is 13.6 Å². The monoisotopic (exact) mass is 223 g/mol. The van der Waals surface area contributed by atoms with Crippen LogP contribution in [0.3, 0.4) is 0 Å². The normalized spacial score (nSPS) is 23.8. The molecule has 0 saturated heterocycles. The summed E-state index contributed by atoms with van der Waals surface area (Å²) in [7, 11) is 1.79. The minimum absolute atomic E-state index is 0.0797. The molecule has 0 amide bonds.